The normalized spacial score (nSPS) is 18.5. The number of hydrogen-bond donors (Lipinski definition) is 1. The number of allylic oxidation sites excluding steroid dienone is 1. The Morgan fingerprint density at radius 2 is 1.67 bits per heavy atom. The molecule has 0 fully saturated rings. The summed E-state index contributed by atoms with van der Waals surface area (Å²) >= 11 is 0. The van der Waals surface area contributed by atoms with E-state index >= 15 is 0 Å². The number of aryl methyl sites for hydroxylation is 1. The molecule has 0 saturated heterocycles. The second-order valence-electron chi connectivity index (χ2n) is 3.56. The Kier molecular flexibility index (Phi) is 2.16. The lowest BCUT2D eigenvalue weighted by Crippen LogP contribution is -1.97. The quantitative estimate of drug-likeness (QED) is 0.783. The van der Waals surface area contributed by atoms with Crippen molar-refractivity contribution in [2.45, 2.75) is 6.92 Å². The van der Waals surface area contributed by atoms with Crippen LogP contribution in [0.25, 0.3) is 5.57 Å². The van der Waals surface area contributed by atoms with Gasteiger partial charge in [-0.05, 0) is 12.5 Å². The van der Waals surface area contributed by atoms with Crippen molar-refractivity contribution in [2.75, 3.05) is 0 Å². The molecule has 0 bridgehead atoms. The van der Waals surface area contributed by atoms with Crippen LogP contribution in [0, 0.1) is 6.92 Å². The standard InChI is InChI=1S/C11H11NO2S/c1-8-2-4-9(5-3-8)10-6-15(13,14)7-11(10)12/h2-7H,12H2,1H3. The van der Waals surface area contributed by atoms with Gasteiger partial charge in [0.15, 0.2) is 9.84 Å². The highest BCUT2D eigenvalue weighted by Crippen LogP contribution is 2.27. The predicted molar refractivity (Wildman–Crippen MR) is 60.3 cm³/mol. The molecule has 2 N–H and O–H groups in total. The van der Waals surface area contributed by atoms with Gasteiger partial charge in [-0.1, -0.05) is 29.8 Å². The van der Waals surface area contributed by atoms with E-state index in [0.717, 1.165) is 16.5 Å². The molecule has 4 heteroatoms. The van der Waals surface area contributed by atoms with Crippen molar-refractivity contribution in [3.8, 4) is 0 Å². The highest BCUT2D eigenvalue weighted by Gasteiger charge is 2.18. The van der Waals surface area contributed by atoms with Crippen LogP contribution in [-0.4, -0.2) is 8.42 Å². The van der Waals surface area contributed by atoms with Crippen molar-refractivity contribution >= 4 is 15.4 Å². The van der Waals surface area contributed by atoms with Gasteiger partial charge in [0.25, 0.3) is 0 Å². The molecule has 78 valence electrons. The molecule has 1 aliphatic rings. The molecule has 0 saturated carbocycles. The number of nitrogens with two attached hydrogens (primary N) is 1. The van der Waals surface area contributed by atoms with Gasteiger partial charge in [0.05, 0.1) is 11.1 Å². The minimum atomic E-state index is -3.25. The molecule has 2 rings (SSSR count). The molecule has 3 nitrogen and oxygen atoms in total. The summed E-state index contributed by atoms with van der Waals surface area (Å²) in [7, 11) is -3.25. The molecule has 0 atom stereocenters. The smallest absolute Gasteiger partial charge is 0.195 e. The first-order valence-electron chi connectivity index (χ1n) is 4.49. The molecule has 0 aliphatic carbocycles. The molecule has 0 amide bonds. The summed E-state index contributed by atoms with van der Waals surface area (Å²) in [6.07, 6.45) is 0. The molecule has 1 aromatic carbocycles. The number of hydrogen-bond acceptors (Lipinski definition) is 3. The zero-order chi connectivity index (χ0) is 11.1. The Morgan fingerprint density at radius 1 is 1.07 bits per heavy atom. The Bertz CT molecular complexity index is 551. The maximum absolute atomic E-state index is 11.3. The van der Waals surface area contributed by atoms with Crippen molar-refractivity contribution in [1.29, 1.82) is 0 Å². The van der Waals surface area contributed by atoms with Gasteiger partial charge in [0.2, 0.25) is 0 Å². The summed E-state index contributed by atoms with van der Waals surface area (Å²) in [6.45, 7) is 1.97. The van der Waals surface area contributed by atoms with Crippen LogP contribution in [0.2, 0.25) is 0 Å². The highest BCUT2D eigenvalue weighted by atomic mass is 32.2. The molecule has 0 aromatic heterocycles. The third kappa shape index (κ3) is 1.94. The van der Waals surface area contributed by atoms with E-state index in [1.807, 2.05) is 31.2 Å². The van der Waals surface area contributed by atoms with Crippen LogP contribution in [0.3, 0.4) is 0 Å². The Balaban J connectivity index is 2.51. The van der Waals surface area contributed by atoms with Crippen LogP contribution < -0.4 is 5.73 Å². The maximum Gasteiger partial charge on any atom is 0.195 e. The van der Waals surface area contributed by atoms with Crippen LogP contribution in [0.1, 0.15) is 11.1 Å². The third-order valence-electron chi connectivity index (χ3n) is 2.25. The molecule has 1 aromatic rings. The lowest BCUT2D eigenvalue weighted by molar-refractivity contribution is 0.613. The van der Waals surface area contributed by atoms with E-state index in [0.29, 0.717) is 11.3 Å². The minimum absolute atomic E-state index is 0.304. The van der Waals surface area contributed by atoms with Crippen LogP contribution in [0.4, 0.5) is 0 Å². The number of sulfone groups is 1. The first-order chi connectivity index (χ1) is 6.98. The Morgan fingerprint density at radius 3 is 2.13 bits per heavy atom. The second-order valence-corrected chi connectivity index (χ2v) is 5.21. The summed E-state index contributed by atoms with van der Waals surface area (Å²) in [5.41, 5.74) is 8.48. The molecule has 0 radical (unpaired) electrons. The fourth-order valence-corrected chi connectivity index (χ4v) is 2.62. The van der Waals surface area contributed by atoms with Gasteiger partial charge in [-0.2, -0.15) is 0 Å². The summed E-state index contributed by atoms with van der Waals surface area (Å²) in [4.78, 5) is 0. The molecule has 0 spiro atoms. The van der Waals surface area contributed by atoms with E-state index in [-0.39, 0.29) is 0 Å². The third-order valence-corrected chi connectivity index (χ3v) is 3.39. The SMILES string of the molecule is Cc1ccc(C2=CS(=O)(=O)C=C2N)cc1. The van der Waals surface area contributed by atoms with Gasteiger partial charge in [-0.25, -0.2) is 8.42 Å². The van der Waals surface area contributed by atoms with E-state index in [9.17, 15) is 8.42 Å². The molecule has 15 heavy (non-hydrogen) atoms. The van der Waals surface area contributed by atoms with E-state index < -0.39 is 9.84 Å². The summed E-state index contributed by atoms with van der Waals surface area (Å²) in [5, 5.41) is 2.29. The zero-order valence-corrected chi connectivity index (χ0v) is 9.08. The number of rotatable bonds is 1. The predicted octanol–water partition coefficient (Wildman–Crippen LogP) is 1.56. The van der Waals surface area contributed by atoms with Crippen molar-refractivity contribution in [3.05, 3.63) is 51.9 Å². The average molecular weight is 221 g/mol. The van der Waals surface area contributed by atoms with Gasteiger partial charge >= 0.3 is 0 Å². The Labute approximate surface area is 88.8 Å². The van der Waals surface area contributed by atoms with Crippen molar-refractivity contribution in [2.24, 2.45) is 5.73 Å². The minimum Gasteiger partial charge on any atom is -0.398 e. The number of benzene rings is 1. The van der Waals surface area contributed by atoms with E-state index in [2.05, 4.69) is 0 Å². The zero-order valence-electron chi connectivity index (χ0n) is 8.27. The lowest BCUT2D eigenvalue weighted by atomic mass is 10.0. The molecule has 0 unspecified atom stereocenters. The van der Waals surface area contributed by atoms with Gasteiger partial charge in [0.1, 0.15) is 0 Å². The van der Waals surface area contributed by atoms with Gasteiger partial charge in [-0.3, -0.25) is 0 Å². The fourth-order valence-electron chi connectivity index (χ4n) is 1.47. The van der Waals surface area contributed by atoms with Gasteiger partial charge < -0.3 is 5.73 Å². The summed E-state index contributed by atoms with van der Waals surface area (Å²) in [5.74, 6) is 0. The van der Waals surface area contributed by atoms with Crippen molar-refractivity contribution in [1.82, 2.24) is 0 Å². The van der Waals surface area contributed by atoms with Crippen molar-refractivity contribution in [3.63, 3.8) is 0 Å². The van der Waals surface area contributed by atoms with Crippen LogP contribution >= 0.6 is 0 Å². The van der Waals surface area contributed by atoms with Crippen LogP contribution in [0.15, 0.2) is 40.8 Å². The maximum atomic E-state index is 11.3. The Hall–Kier alpha value is -1.55. The van der Waals surface area contributed by atoms with E-state index in [1.165, 1.54) is 5.41 Å². The summed E-state index contributed by atoms with van der Waals surface area (Å²) < 4.78 is 22.5. The van der Waals surface area contributed by atoms with Crippen LogP contribution in [-0.2, 0) is 9.84 Å². The average Bonchev–Trinajstić information content (AvgIpc) is 2.41. The first kappa shape index (κ1) is 9.98. The fraction of sp³-hybridized carbons (Fsp3) is 0.0909. The van der Waals surface area contributed by atoms with Crippen molar-refractivity contribution < 1.29 is 8.42 Å². The molecular formula is C11H11NO2S. The summed E-state index contributed by atoms with van der Waals surface area (Å²) in [6, 6.07) is 7.58. The van der Waals surface area contributed by atoms with Crippen LogP contribution in [0.5, 0.6) is 0 Å². The van der Waals surface area contributed by atoms with Gasteiger partial charge in [-0.15, -0.1) is 0 Å². The molecule has 1 heterocycles. The molecular weight excluding hydrogens is 210 g/mol. The first-order valence-corrected chi connectivity index (χ1v) is 6.10. The van der Waals surface area contributed by atoms with E-state index in [4.69, 9.17) is 5.73 Å². The van der Waals surface area contributed by atoms with E-state index in [1.54, 1.807) is 0 Å². The molecule has 1 aliphatic heterocycles. The largest absolute Gasteiger partial charge is 0.398 e. The van der Waals surface area contributed by atoms with Gasteiger partial charge in [0, 0.05) is 11.0 Å². The lowest BCUT2D eigenvalue weighted by Gasteiger charge is -2.03. The second kappa shape index (κ2) is 3.24. The topological polar surface area (TPSA) is 60.2 Å². The monoisotopic (exact) mass is 221 g/mol. The highest BCUT2D eigenvalue weighted by molar-refractivity contribution is 7.97.